The van der Waals surface area contributed by atoms with Gasteiger partial charge in [-0.1, -0.05) is 12.1 Å². The second-order valence-electron chi connectivity index (χ2n) is 6.50. The van der Waals surface area contributed by atoms with Crippen molar-refractivity contribution in [3.63, 3.8) is 0 Å². The molecule has 1 aliphatic rings. The van der Waals surface area contributed by atoms with Crippen LogP contribution in [0.4, 0.5) is 13.2 Å². The summed E-state index contributed by atoms with van der Waals surface area (Å²) in [6.07, 6.45) is -3.11. The number of carbonyl (C=O) groups is 1. The fourth-order valence-electron chi connectivity index (χ4n) is 3.30. The van der Waals surface area contributed by atoms with Crippen molar-refractivity contribution in [2.24, 2.45) is 7.05 Å². The number of aryl methyl sites for hydroxylation is 1. The Balaban J connectivity index is 1.69. The SMILES string of the molecule is Cn1c(C(F)(F)F)nc2c(-c3ccc(C(=O)N4CCOCC4)cc3)nccc21. The molecule has 146 valence electrons. The molecule has 4 rings (SSSR count). The number of halogens is 3. The summed E-state index contributed by atoms with van der Waals surface area (Å²) in [5.74, 6) is -1.07. The molecule has 0 atom stereocenters. The minimum Gasteiger partial charge on any atom is -0.378 e. The third kappa shape index (κ3) is 3.22. The molecule has 3 aromatic rings. The van der Waals surface area contributed by atoms with Gasteiger partial charge in [-0.25, -0.2) is 4.98 Å². The minimum absolute atomic E-state index is 0.0989. The highest BCUT2D eigenvalue weighted by molar-refractivity contribution is 5.95. The first-order valence-electron chi connectivity index (χ1n) is 8.72. The Kier molecular flexibility index (Phi) is 4.54. The van der Waals surface area contributed by atoms with E-state index >= 15 is 0 Å². The number of fused-ring (bicyclic) bond motifs is 1. The second kappa shape index (κ2) is 6.90. The lowest BCUT2D eigenvalue weighted by molar-refractivity contribution is -0.146. The van der Waals surface area contributed by atoms with E-state index in [2.05, 4.69) is 9.97 Å². The number of aromatic nitrogens is 3. The van der Waals surface area contributed by atoms with E-state index in [1.165, 1.54) is 19.3 Å². The van der Waals surface area contributed by atoms with Gasteiger partial charge < -0.3 is 14.2 Å². The highest BCUT2D eigenvalue weighted by Crippen LogP contribution is 2.33. The second-order valence-corrected chi connectivity index (χ2v) is 6.50. The van der Waals surface area contributed by atoms with E-state index in [1.807, 2.05) is 0 Å². The number of rotatable bonds is 2. The Morgan fingerprint density at radius 3 is 2.43 bits per heavy atom. The Hall–Kier alpha value is -2.94. The number of hydrogen-bond donors (Lipinski definition) is 0. The van der Waals surface area contributed by atoms with Crippen LogP contribution in [0.25, 0.3) is 22.3 Å². The number of carbonyl (C=O) groups excluding carboxylic acids is 1. The molecular weight excluding hydrogens is 373 g/mol. The van der Waals surface area contributed by atoms with Crippen molar-refractivity contribution in [2.75, 3.05) is 26.3 Å². The normalized spacial score (nSPS) is 15.2. The lowest BCUT2D eigenvalue weighted by Crippen LogP contribution is -2.40. The summed E-state index contributed by atoms with van der Waals surface area (Å²) < 4.78 is 45.8. The third-order valence-electron chi connectivity index (χ3n) is 4.76. The van der Waals surface area contributed by atoms with Crippen LogP contribution in [0, 0.1) is 0 Å². The third-order valence-corrected chi connectivity index (χ3v) is 4.76. The molecule has 1 fully saturated rings. The number of benzene rings is 1. The molecule has 0 bridgehead atoms. The Morgan fingerprint density at radius 1 is 1.11 bits per heavy atom. The van der Waals surface area contributed by atoms with Crippen LogP contribution >= 0.6 is 0 Å². The van der Waals surface area contributed by atoms with Crippen LogP contribution in [0.1, 0.15) is 16.2 Å². The number of morpholine rings is 1. The van der Waals surface area contributed by atoms with E-state index in [1.54, 1.807) is 29.2 Å². The molecule has 3 heterocycles. The van der Waals surface area contributed by atoms with Gasteiger partial charge in [0.05, 0.1) is 24.4 Å². The maximum Gasteiger partial charge on any atom is 0.449 e. The molecule has 0 radical (unpaired) electrons. The van der Waals surface area contributed by atoms with Crippen molar-refractivity contribution in [1.29, 1.82) is 0 Å². The van der Waals surface area contributed by atoms with E-state index in [9.17, 15) is 18.0 Å². The van der Waals surface area contributed by atoms with Crippen LogP contribution in [0.5, 0.6) is 0 Å². The summed E-state index contributed by atoms with van der Waals surface area (Å²) in [7, 11) is 1.33. The molecule has 2 aromatic heterocycles. The fraction of sp³-hybridized carbons (Fsp3) is 0.316. The number of hydrogen-bond acceptors (Lipinski definition) is 4. The molecule has 0 unspecified atom stereocenters. The van der Waals surface area contributed by atoms with Crippen molar-refractivity contribution >= 4 is 16.9 Å². The molecule has 9 heteroatoms. The highest BCUT2D eigenvalue weighted by Gasteiger charge is 2.37. The van der Waals surface area contributed by atoms with E-state index < -0.39 is 12.0 Å². The van der Waals surface area contributed by atoms with Crippen molar-refractivity contribution < 1.29 is 22.7 Å². The first kappa shape index (κ1) is 18.4. The van der Waals surface area contributed by atoms with Gasteiger partial charge >= 0.3 is 6.18 Å². The molecule has 1 aliphatic heterocycles. The molecule has 0 saturated carbocycles. The topological polar surface area (TPSA) is 60.2 Å². The predicted octanol–water partition coefficient (Wildman–Crippen LogP) is 3.13. The van der Waals surface area contributed by atoms with Gasteiger partial charge in [-0.05, 0) is 18.2 Å². The molecule has 0 aliphatic carbocycles. The van der Waals surface area contributed by atoms with E-state index in [0.717, 1.165) is 4.57 Å². The maximum atomic E-state index is 13.2. The van der Waals surface area contributed by atoms with Crippen LogP contribution in [0.15, 0.2) is 36.5 Å². The average Bonchev–Trinajstić information content (AvgIpc) is 3.05. The average molecular weight is 390 g/mol. The molecule has 1 saturated heterocycles. The van der Waals surface area contributed by atoms with Crippen LogP contribution in [0.2, 0.25) is 0 Å². The van der Waals surface area contributed by atoms with Gasteiger partial charge in [0.25, 0.3) is 5.91 Å². The summed E-state index contributed by atoms with van der Waals surface area (Å²) >= 11 is 0. The van der Waals surface area contributed by atoms with Gasteiger partial charge in [-0.2, -0.15) is 13.2 Å². The number of ether oxygens (including phenoxy) is 1. The number of imidazole rings is 1. The summed E-state index contributed by atoms with van der Waals surface area (Å²) in [5.41, 5.74) is 1.95. The van der Waals surface area contributed by atoms with Gasteiger partial charge in [0, 0.05) is 37.5 Å². The van der Waals surface area contributed by atoms with Crippen LogP contribution in [-0.4, -0.2) is 51.6 Å². The van der Waals surface area contributed by atoms with Crippen molar-refractivity contribution in [1.82, 2.24) is 19.4 Å². The van der Waals surface area contributed by atoms with Crippen molar-refractivity contribution in [3.05, 3.63) is 47.9 Å². The van der Waals surface area contributed by atoms with Gasteiger partial charge in [-0.3, -0.25) is 9.78 Å². The largest absolute Gasteiger partial charge is 0.449 e. The number of nitrogens with zero attached hydrogens (tertiary/aromatic N) is 4. The zero-order valence-corrected chi connectivity index (χ0v) is 15.0. The zero-order chi connectivity index (χ0) is 19.9. The Bertz CT molecular complexity index is 1020. The predicted molar refractivity (Wildman–Crippen MR) is 95.7 cm³/mol. The molecular formula is C19H17F3N4O2. The van der Waals surface area contributed by atoms with Crippen LogP contribution in [0.3, 0.4) is 0 Å². The summed E-state index contributed by atoms with van der Waals surface area (Å²) in [5, 5.41) is 0. The molecule has 0 N–H and O–H groups in total. The first-order valence-corrected chi connectivity index (χ1v) is 8.72. The van der Waals surface area contributed by atoms with E-state index in [0.29, 0.717) is 48.6 Å². The smallest absolute Gasteiger partial charge is 0.378 e. The Morgan fingerprint density at radius 2 is 1.79 bits per heavy atom. The van der Waals surface area contributed by atoms with Gasteiger partial charge in [-0.15, -0.1) is 0 Å². The molecule has 1 aromatic carbocycles. The lowest BCUT2D eigenvalue weighted by Gasteiger charge is -2.26. The van der Waals surface area contributed by atoms with Crippen LogP contribution < -0.4 is 0 Å². The van der Waals surface area contributed by atoms with Crippen molar-refractivity contribution in [2.45, 2.75) is 6.18 Å². The van der Waals surface area contributed by atoms with E-state index in [4.69, 9.17) is 4.74 Å². The maximum absolute atomic E-state index is 13.2. The summed E-state index contributed by atoms with van der Waals surface area (Å²) in [6, 6.07) is 8.16. The minimum atomic E-state index is -4.56. The van der Waals surface area contributed by atoms with Gasteiger partial charge in [0.1, 0.15) is 5.52 Å². The fourth-order valence-corrected chi connectivity index (χ4v) is 3.30. The molecule has 6 nitrogen and oxygen atoms in total. The quantitative estimate of drug-likeness (QED) is 0.675. The summed E-state index contributed by atoms with van der Waals surface area (Å²) in [4.78, 5) is 22.2. The van der Waals surface area contributed by atoms with Gasteiger partial charge in [0.2, 0.25) is 5.82 Å². The number of alkyl halides is 3. The molecule has 28 heavy (non-hydrogen) atoms. The monoisotopic (exact) mass is 390 g/mol. The summed E-state index contributed by atoms with van der Waals surface area (Å²) in [6.45, 7) is 2.10. The highest BCUT2D eigenvalue weighted by atomic mass is 19.4. The number of amides is 1. The van der Waals surface area contributed by atoms with E-state index in [-0.39, 0.29) is 11.4 Å². The number of pyridine rings is 1. The van der Waals surface area contributed by atoms with Crippen molar-refractivity contribution in [3.8, 4) is 11.3 Å². The molecule has 1 amide bonds. The zero-order valence-electron chi connectivity index (χ0n) is 15.0. The van der Waals surface area contributed by atoms with Gasteiger partial charge in [0.15, 0.2) is 0 Å². The lowest BCUT2D eigenvalue weighted by atomic mass is 10.1. The first-order chi connectivity index (χ1) is 13.4. The standard InChI is InChI=1S/C19H17F3N4O2/c1-25-14-6-7-23-15(16(14)24-18(25)19(20,21)22)12-2-4-13(5-3-12)17(27)26-8-10-28-11-9-26/h2-7H,8-11H2,1H3. The molecule has 0 spiro atoms. The van der Waals surface area contributed by atoms with Crippen LogP contribution in [-0.2, 0) is 18.0 Å². The Labute approximate surface area is 158 Å².